The van der Waals surface area contributed by atoms with Crippen molar-refractivity contribution >= 4 is 22.4 Å². The molecule has 3 rings (SSSR count). The number of hydrogen-bond acceptors (Lipinski definition) is 3. The molecule has 3 aromatic rings. The molecule has 0 aliphatic heterocycles. The topological polar surface area (TPSA) is 38.3 Å². The molecule has 0 fully saturated rings. The minimum absolute atomic E-state index is 0.311. The van der Waals surface area contributed by atoms with Gasteiger partial charge in [-0.05, 0) is 35.6 Å². The second-order valence-electron chi connectivity index (χ2n) is 5.52. The highest BCUT2D eigenvalue weighted by Crippen LogP contribution is 2.27. The van der Waals surface area contributed by atoms with Crippen LogP contribution in [0.3, 0.4) is 0 Å². The van der Waals surface area contributed by atoms with Gasteiger partial charge >= 0.3 is 5.97 Å². The lowest BCUT2D eigenvalue weighted by molar-refractivity contribution is 0.0600. The van der Waals surface area contributed by atoms with Crippen LogP contribution in [0.1, 0.15) is 21.5 Å². The van der Waals surface area contributed by atoms with E-state index < -0.39 is 0 Å². The first-order valence-corrected chi connectivity index (χ1v) is 7.58. The van der Waals surface area contributed by atoms with Gasteiger partial charge in [0.15, 0.2) is 0 Å². The third-order valence-corrected chi connectivity index (χ3v) is 3.98. The van der Waals surface area contributed by atoms with Crippen LogP contribution in [0.4, 0.5) is 5.69 Å². The molecule has 0 amide bonds. The van der Waals surface area contributed by atoms with E-state index in [2.05, 4.69) is 42.6 Å². The van der Waals surface area contributed by atoms with E-state index in [1.165, 1.54) is 23.4 Å². The Morgan fingerprint density at radius 2 is 1.74 bits per heavy atom. The van der Waals surface area contributed by atoms with Crippen molar-refractivity contribution in [3.05, 3.63) is 77.4 Å². The summed E-state index contributed by atoms with van der Waals surface area (Å²) in [5, 5.41) is 5.96. The molecule has 0 bridgehead atoms. The lowest BCUT2D eigenvalue weighted by atomic mass is 10.0. The van der Waals surface area contributed by atoms with Gasteiger partial charge in [-0.15, -0.1) is 0 Å². The largest absolute Gasteiger partial charge is 0.465 e. The quantitative estimate of drug-likeness (QED) is 0.719. The minimum atomic E-state index is -0.311. The number of hydrogen-bond donors (Lipinski definition) is 1. The highest BCUT2D eigenvalue weighted by atomic mass is 16.5. The number of benzene rings is 3. The van der Waals surface area contributed by atoms with Crippen molar-refractivity contribution in [3.63, 3.8) is 0 Å². The number of nitrogens with one attached hydrogen (secondary N) is 1. The predicted octanol–water partition coefficient (Wildman–Crippen LogP) is 4.55. The molecule has 0 atom stereocenters. The second-order valence-corrected chi connectivity index (χ2v) is 5.52. The number of carbonyl (C=O) groups is 1. The van der Waals surface area contributed by atoms with Crippen LogP contribution in [0.25, 0.3) is 10.8 Å². The first-order chi connectivity index (χ1) is 11.2. The Morgan fingerprint density at radius 1 is 1.00 bits per heavy atom. The zero-order chi connectivity index (χ0) is 16.2. The van der Waals surface area contributed by atoms with E-state index in [4.69, 9.17) is 4.74 Å². The normalized spacial score (nSPS) is 10.5. The summed E-state index contributed by atoms with van der Waals surface area (Å²) in [4.78, 5) is 11.5. The van der Waals surface area contributed by atoms with Gasteiger partial charge < -0.3 is 10.1 Å². The monoisotopic (exact) mass is 305 g/mol. The standard InChI is InChI=1S/C20H19NO2/c1-14-7-10-16-5-3-4-6-18(16)19(14)21-13-15-8-11-17(12-9-15)20(22)23-2/h3-12,21H,13H2,1-2H3. The van der Waals surface area contributed by atoms with E-state index in [-0.39, 0.29) is 5.97 Å². The maximum absolute atomic E-state index is 11.5. The Balaban J connectivity index is 1.81. The predicted molar refractivity (Wildman–Crippen MR) is 93.8 cm³/mol. The Kier molecular flexibility index (Phi) is 4.29. The van der Waals surface area contributed by atoms with Crippen LogP contribution >= 0.6 is 0 Å². The molecule has 0 aliphatic carbocycles. The van der Waals surface area contributed by atoms with Gasteiger partial charge in [-0.25, -0.2) is 4.79 Å². The van der Waals surface area contributed by atoms with E-state index >= 15 is 0 Å². The molecule has 0 heterocycles. The highest BCUT2D eigenvalue weighted by molar-refractivity contribution is 5.95. The fourth-order valence-electron chi connectivity index (χ4n) is 2.68. The second kappa shape index (κ2) is 6.53. The molecular formula is C20H19NO2. The molecule has 0 radical (unpaired) electrons. The molecule has 0 aromatic heterocycles. The summed E-state index contributed by atoms with van der Waals surface area (Å²) in [6.07, 6.45) is 0. The molecular weight excluding hydrogens is 286 g/mol. The summed E-state index contributed by atoms with van der Waals surface area (Å²) in [6, 6.07) is 20.1. The third kappa shape index (κ3) is 3.19. The average molecular weight is 305 g/mol. The van der Waals surface area contributed by atoms with Crippen LogP contribution in [0.5, 0.6) is 0 Å². The van der Waals surface area contributed by atoms with Crippen LogP contribution in [-0.4, -0.2) is 13.1 Å². The van der Waals surface area contributed by atoms with Gasteiger partial charge in [-0.3, -0.25) is 0 Å². The van der Waals surface area contributed by atoms with Gasteiger partial charge in [-0.2, -0.15) is 0 Å². The lowest BCUT2D eigenvalue weighted by Gasteiger charge is -2.13. The average Bonchev–Trinajstić information content (AvgIpc) is 2.60. The van der Waals surface area contributed by atoms with Gasteiger partial charge in [0.05, 0.1) is 12.7 Å². The van der Waals surface area contributed by atoms with Crippen molar-refractivity contribution in [2.45, 2.75) is 13.5 Å². The molecule has 3 nitrogen and oxygen atoms in total. The van der Waals surface area contributed by atoms with E-state index in [1.54, 1.807) is 12.1 Å². The van der Waals surface area contributed by atoms with Gasteiger partial charge in [-0.1, -0.05) is 48.5 Å². The van der Waals surface area contributed by atoms with Gasteiger partial charge in [0.2, 0.25) is 0 Å². The van der Waals surface area contributed by atoms with E-state index in [0.717, 1.165) is 11.3 Å². The molecule has 0 aliphatic rings. The van der Waals surface area contributed by atoms with Crippen LogP contribution in [0.15, 0.2) is 60.7 Å². The molecule has 0 spiro atoms. The summed E-state index contributed by atoms with van der Waals surface area (Å²) >= 11 is 0. The Morgan fingerprint density at radius 3 is 2.48 bits per heavy atom. The molecule has 3 aromatic carbocycles. The molecule has 0 saturated heterocycles. The highest BCUT2D eigenvalue weighted by Gasteiger charge is 2.06. The molecule has 116 valence electrons. The molecule has 1 N–H and O–H groups in total. The maximum atomic E-state index is 11.5. The van der Waals surface area contributed by atoms with E-state index in [1.807, 2.05) is 18.2 Å². The van der Waals surface area contributed by atoms with Gasteiger partial charge in [0, 0.05) is 17.6 Å². The smallest absolute Gasteiger partial charge is 0.337 e. The number of ether oxygens (including phenoxy) is 1. The van der Waals surface area contributed by atoms with E-state index in [9.17, 15) is 4.79 Å². The lowest BCUT2D eigenvalue weighted by Crippen LogP contribution is -2.04. The van der Waals surface area contributed by atoms with Crippen LogP contribution in [-0.2, 0) is 11.3 Å². The van der Waals surface area contributed by atoms with Crippen LogP contribution in [0.2, 0.25) is 0 Å². The van der Waals surface area contributed by atoms with Gasteiger partial charge in [0.1, 0.15) is 0 Å². The number of esters is 1. The summed E-state index contributed by atoms with van der Waals surface area (Å²) in [5.74, 6) is -0.311. The number of fused-ring (bicyclic) bond motifs is 1. The van der Waals surface area contributed by atoms with Crippen molar-refractivity contribution in [1.29, 1.82) is 0 Å². The SMILES string of the molecule is COC(=O)c1ccc(CNc2c(C)ccc3ccccc23)cc1. The fourth-order valence-corrected chi connectivity index (χ4v) is 2.68. The number of anilines is 1. The Hall–Kier alpha value is -2.81. The first-order valence-electron chi connectivity index (χ1n) is 7.58. The van der Waals surface area contributed by atoms with Crippen molar-refractivity contribution in [2.24, 2.45) is 0 Å². The Bertz CT molecular complexity index is 838. The molecule has 23 heavy (non-hydrogen) atoms. The maximum Gasteiger partial charge on any atom is 0.337 e. The summed E-state index contributed by atoms with van der Waals surface area (Å²) < 4.78 is 4.71. The molecule has 3 heteroatoms. The third-order valence-electron chi connectivity index (χ3n) is 3.98. The summed E-state index contributed by atoms with van der Waals surface area (Å²) in [5.41, 5.74) is 4.05. The van der Waals surface area contributed by atoms with Gasteiger partial charge in [0.25, 0.3) is 0 Å². The zero-order valence-corrected chi connectivity index (χ0v) is 13.3. The first kappa shape index (κ1) is 15.1. The number of carbonyl (C=O) groups excluding carboxylic acids is 1. The minimum Gasteiger partial charge on any atom is -0.465 e. The summed E-state index contributed by atoms with van der Waals surface area (Å²) in [6.45, 7) is 2.81. The Labute approximate surface area is 135 Å². The number of methoxy groups -OCH3 is 1. The fraction of sp³-hybridized carbons (Fsp3) is 0.150. The molecule has 0 unspecified atom stereocenters. The van der Waals surface area contributed by atoms with Crippen LogP contribution < -0.4 is 5.32 Å². The van der Waals surface area contributed by atoms with Crippen molar-refractivity contribution < 1.29 is 9.53 Å². The van der Waals surface area contributed by atoms with Crippen molar-refractivity contribution in [1.82, 2.24) is 0 Å². The summed E-state index contributed by atoms with van der Waals surface area (Å²) in [7, 11) is 1.39. The van der Waals surface area contributed by atoms with Crippen molar-refractivity contribution in [2.75, 3.05) is 12.4 Å². The zero-order valence-electron chi connectivity index (χ0n) is 13.3. The molecule has 0 saturated carbocycles. The van der Waals surface area contributed by atoms with E-state index in [0.29, 0.717) is 12.1 Å². The number of aryl methyl sites for hydroxylation is 1. The van der Waals surface area contributed by atoms with Crippen molar-refractivity contribution in [3.8, 4) is 0 Å². The van der Waals surface area contributed by atoms with Crippen LogP contribution in [0, 0.1) is 6.92 Å². The number of rotatable bonds is 4.